The molecular weight excluding hydrogens is 130 g/mol. The van der Waals surface area contributed by atoms with E-state index in [1.54, 1.807) is 0 Å². The van der Waals surface area contributed by atoms with Gasteiger partial charge in [0.05, 0.1) is 12.5 Å². The van der Waals surface area contributed by atoms with Crippen LogP contribution in [0.4, 0.5) is 0 Å². The van der Waals surface area contributed by atoms with Gasteiger partial charge in [-0.1, -0.05) is 6.92 Å². The van der Waals surface area contributed by atoms with Gasteiger partial charge in [0.1, 0.15) is 0 Å². The first-order valence-corrected chi connectivity index (χ1v) is 3.54. The predicted molar refractivity (Wildman–Crippen MR) is 37.6 cm³/mol. The van der Waals surface area contributed by atoms with E-state index in [4.69, 9.17) is 0 Å². The van der Waals surface area contributed by atoms with Gasteiger partial charge in [0.25, 0.3) is 0 Å². The molecule has 0 saturated carbocycles. The molecule has 0 spiro atoms. The summed E-state index contributed by atoms with van der Waals surface area (Å²) in [4.78, 5) is 11.1. The first-order valence-electron chi connectivity index (χ1n) is 3.54. The summed E-state index contributed by atoms with van der Waals surface area (Å²) in [6, 6.07) is 0. The van der Waals surface area contributed by atoms with Gasteiger partial charge in [-0.25, -0.2) is 0 Å². The molecule has 1 heterocycles. The molecule has 1 N–H and O–H groups in total. The largest absolute Gasteiger partial charge is 0.469 e. The van der Waals surface area contributed by atoms with Crippen molar-refractivity contribution in [2.24, 2.45) is 5.41 Å². The van der Waals surface area contributed by atoms with Crippen LogP contribution in [0.3, 0.4) is 0 Å². The van der Waals surface area contributed by atoms with Gasteiger partial charge >= 0.3 is 5.97 Å². The Morgan fingerprint density at radius 1 is 1.70 bits per heavy atom. The van der Waals surface area contributed by atoms with E-state index in [9.17, 15) is 4.79 Å². The summed E-state index contributed by atoms with van der Waals surface area (Å²) in [6.45, 7) is 3.56. The van der Waals surface area contributed by atoms with Gasteiger partial charge in [0.15, 0.2) is 0 Å². The Bertz CT molecular complexity index is 135. The van der Waals surface area contributed by atoms with Crippen LogP contribution in [0.1, 0.15) is 13.3 Å². The topological polar surface area (TPSA) is 38.3 Å². The van der Waals surface area contributed by atoms with Crippen molar-refractivity contribution in [2.75, 3.05) is 20.2 Å². The van der Waals surface area contributed by atoms with Crippen LogP contribution >= 0.6 is 0 Å². The Morgan fingerprint density at radius 3 is 2.40 bits per heavy atom. The lowest BCUT2D eigenvalue weighted by Gasteiger charge is -2.38. The molecule has 0 bridgehead atoms. The Labute approximate surface area is 60.7 Å². The van der Waals surface area contributed by atoms with Gasteiger partial charge in [0, 0.05) is 13.1 Å². The zero-order chi connectivity index (χ0) is 7.61. The summed E-state index contributed by atoms with van der Waals surface area (Å²) >= 11 is 0. The summed E-state index contributed by atoms with van der Waals surface area (Å²) in [5.74, 6) is -0.0752. The van der Waals surface area contributed by atoms with Crippen LogP contribution in [0.5, 0.6) is 0 Å². The molecule has 1 aliphatic rings. The van der Waals surface area contributed by atoms with Crippen LogP contribution in [0.25, 0.3) is 0 Å². The maximum absolute atomic E-state index is 11.1. The zero-order valence-electron chi connectivity index (χ0n) is 6.44. The van der Waals surface area contributed by atoms with Crippen molar-refractivity contribution in [3.8, 4) is 0 Å². The highest BCUT2D eigenvalue weighted by Gasteiger charge is 2.43. The van der Waals surface area contributed by atoms with E-state index in [0.29, 0.717) is 0 Å². The van der Waals surface area contributed by atoms with E-state index in [1.807, 2.05) is 6.92 Å². The number of esters is 1. The van der Waals surface area contributed by atoms with Crippen molar-refractivity contribution in [2.45, 2.75) is 13.3 Å². The molecule has 0 amide bonds. The fourth-order valence-electron chi connectivity index (χ4n) is 1.18. The second kappa shape index (κ2) is 2.58. The first-order chi connectivity index (χ1) is 4.75. The highest BCUT2D eigenvalue weighted by molar-refractivity contribution is 5.78. The van der Waals surface area contributed by atoms with Crippen LogP contribution in [0.15, 0.2) is 0 Å². The number of methoxy groups -OCH3 is 1. The molecule has 0 atom stereocenters. The molecule has 3 heteroatoms. The van der Waals surface area contributed by atoms with Gasteiger partial charge in [0.2, 0.25) is 0 Å². The van der Waals surface area contributed by atoms with Crippen LogP contribution in [-0.4, -0.2) is 26.2 Å². The lowest BCUT2D eigenvalue weighted by molar-refractivity contribution is -0.156. The molecule has 58 valence electrons. The molecule has 10 heavy (non-hydrogen) atoms. The lowest BCUT2D eigenvalue weighted by atomic mass is 9.79. The molecule has 1 saturated heterocycles. The quantitative estimate of drug-likeness (QED) is 0.559. The molecular formula is C7H13NO2. The number of carbonyl (C=O) groups excluding carboxylic acids is 1. The third-order valence-corrected chi connectivity index (χ3v) is 2.22. The van der Waals surface area contributed by atoms with E-state index in [-0.39, 0.29) is 11.4 Å². The average molecular weight is 143 g/mol. The van der Waals surface area contributed by atoms with Gasteiger partial charge in [-0.05, 0) is 6.42 Å². The number of nitrogens with one attached hydrogen (secondary N) is 1. The van der Waals surface area contributed by atoms with Gasteiger partial charge in [-0.2, -0.15) is 0 Å². The minimum Gasteiger partial charge on any atom is -0.469 e. The summed E-state index contributed by atoms with van der Waals surface area (Å²) < 4.78 is 4.67. The Kier molecular flexibility index (Phi) is 1.94. The Balaban J connectivity index is 2.55. The lowest BCUT2D eigenvalue weighted by Crippen LogP contribution is -2.58. The number of rotatable bonds is 2. The first kappa shape index (κ1) is 7.54. The smallest absolute Gasteiger partial charge is 0.314 e. The molecule has 0 aliphatic carbocycles. The van der Waals surface area contributed by atoms with Crippen molar-refractivity contribution >= 4 is 5.97 Å². The number of hydrogen-bond acceptors (Lipinski definition) is 3. The van der Waals surface area contributed by atoms with E-state index >= 15 is 0 Å². The predicted octanol–water partition coefficient (Wildman–Crippen LogP) is 0.159. The third-order valence-electron chi connectivity index (χ3n) is 2.22. The Hall–Kier alpha value is -0.570. The highest BCUT2D eigenvalue weighted by Crippen LogP contribution is 2.27. The van der Waals surface area contributed by atoms with Crippen molar-refractivity contribution in [3.63, 3.8) is 0 Å². The maximum atomic E-state index is 11.1. The van der Waals surface area contributed by atoms with Crippen LogP contribution in [-0.2, 0) is 9.53 Å². The maximum Gasteiger partial charge on any atom is 0.314 e. The highest BCUT2D eigenvalue weighted by atomic mass is 16.5. The fourth-order valence-corrected chi connectivity index (χ4v) is 1.18. The summed E-state index contributed by atoms with van der Waals surface area (Å²) in [5.41, 5.74) is -0.200. The van der Waals surface area contributed by atoms with E-state index in [2.05, 4.69) is 10.1 Å². The number of ether oxygens (including phenoxy) is 1. The zero-order valence-corrected chi connectivity index (χ0v) is 6.44. The minimum atomic E-state index is -0.200. The average Bonchev–Trinajstić information content (AvgIpc) is 1.86. The molecule has 1 rings (SSSR count). The minimum absolute atomic E-state index is 0.0752. The summed E-state index contributed by atoms with van der Waals surface area (Å²) in [7, 11) is 1.44. The number of hydrogen-bond donors (Lipinski definition) is 1. The van der Waals surface area contributed by atoms with Crippen LogP contribution in [0, 0.1) is 5.41 Å². The van der Waals surface area contributed by atoms with Crippen molar-refractivity contribution < 1.29 is 9.53 Å². The molecule has 0 aromatic rings. The monoisotopic (exact) mass is 143 g/mol. The van der Waals surface area contributed by atoms with Crippen molar-refractivity contribution in [3.05, 3.63) is 0 Å². The molecule has 1 aliphatic heterocycles. The standard InChI is InChI=1S/C7H13NO2/c1-3-7(4-8-5-7)6(9)10-2/h8H,3-5H2,1-2H3. The fraction of sp³-hybridized carbons (Fsp3) is 0.857. The summed E-state index contributed by atoms with van der Waals surface area (Å²) in [5, 5.41) is 3.07. The van der Waals surface area contributed by atoms with Crippen LogP contribution in [0.2, 0.25) is 0 Å². The van der Waals surface area contributed by atoms with Crippen molar-refractivity contribution in [1.29, 1.82) is 0 Å². The molecule has 0 unspecified atom stereocenters. The second-order valence-electron chi connectivity index (χ2n) is 2.73. The number of carbonyl (C=O) groups is 1. The summed E-state index contributed by atoms with van der Waals surface area (Å²) in [6.07, 6.45) is 0.868. The van der Waals surface area contributed by atoms with Crippen LogP contribution < -0.4 is 5.32 Å². The van der Waals surface area contributed by atoms with Gasteiger partial charge in [-0.15, -0.1) is 0 Å². The van der Waals surface area contributed by atoms with Gasteiger partial charge in [-0.3, -0.25) is 4.79 Å². The van der Waals surface area contributed by atoms with E-state index < -0.39 is 0 Å². The van der Waals surface area contributed by atoms with E-state index in [0.717, 1.165) is 19.5 Å². The second-order valence-corrected chi connectivity index (χ2v) is 2.73. The SMILES string of the molecule is CCC1(C(=O)OC)CNC1. The normalized spacial score (nSPS) is 21.4. The van der Waals surface area contributed by atoms with E-state index in [1.165, 1.54) is 7.11 Å². The van der Waals surface area contributed by atoms with Gasteiger partial charge < -0.3 is 10.1 Å². The Morgan fingerprint density at radius 2 is 2.30 bits per heavy atom. The molecule has 1 fully saturated rings. The molecule has 0 radical (unpaired) electrons. The molecule has 0 aromatic heterocycles. The molecule has 0 aromatic carbocycles. The molecule has 3 nitrogen and oxygen atoms in total. The third kappa shape index (κ3) is 0.904. The van der Waals surface area contributed by atoms with Crippen molar-refractivity contribution in [1.82, 2.24) is 5.32 Å².